The highest BCUT2D eigenvalue weighted by Gasteiger charge is 2.52. The van der Waals surface area contributed by atoms with Crippen LogP contribution in [0.2, 0.25) is 0 Å². The van der Waals surface area contributed by atoms with E-state index in [-0.39, 0.29) is 36.3 Å². The van der Waals surface area contributed by atoms with Crippen LogP contribution in [0.4, 0.5) is 0 Å². The molecule has 2 aliphatic carbocycles. The average Bonchev–Trinajstić information content (AvgIpc) is 3.72. The maximum Gasteiger partial charge on any atom is 0.300 e. The van der Waals surface area contributed by atoms with Crippen LogP contribution in [0.3, 0.4) is 0 Å². The van der Waals surface area contributed by atoms with Crippen LogP contribution in [0.25, 0.3) is 0 Å². The summed E-state index contributed by atoms with van der Waals surface area (Å²) in [4.78, 5) is 11.4. The molecule has 4 atom stereocenters. The lowest BCUT2D eigenvalue weighted by Crippen LogP contribution is -2.34. The summed E-state index contributed by atoms with van der Waals surface area (Å²) in [5.74, 6) is -0.127. The van der Waals surface area contributed by atoms with Crippen molar-refractivity contribution < 1.29 is 30.3 Å². The number of nitrogens with one attached hydrogen (secondary N) is 1. The maximum absolute atomic E-state index is 10.4. The Labute approximate surface area is 209 Å². The number of rotatable bonds is 8. The second-order valence-electron chi connectivity index (χ2n) is 11.0. The highest BCUT2D eigenvalue weighted by molar-refractivity contribution is 5.62. The van der Waals surface area contributed by atoms with Gasteiger partial charge in [0.05, 0.1) is 25.4 Å². The molecular formula is C27H44N2O6. The summed E-state index contributed by atoms with van der Waals surface area (Å²) < 4.78 is 0. The van der Waals surface area contributed by atoms with E-state index in [0.29, 0.717) is 11.8 Å². The van der Waals surface area contributed by atoms with Crippen molar-refractivity contribution in [2.45, 2.75) is 64.2 Å². The van der Waals surface area contributed by atoms with Gasteiger partial charge in [0.15, 0.2) is 0 Å². The Bertz CT molecular complexity index is 773. The Morgan fingerprint density at radius 2 is 1.54 bits per heavy atom. The van der Waals surface area contributed by atoms with Gasteiger partial charge in [-0.15, -0.1) is 0 Å². The summed E-state index contributed by atoms with van der Waals surface area (Å²) in [6.45, 7) is 6.30. The maximum atomic E-state index is 10.4. The zero-order chi connectivity index (χ0) is 25.5. The van der Waals surface area contributed by atoms with E-state index >= 15 is 0 Å². The lowest BCUT2D eigenvalue weighted by molar-refractivity contribution is -0.134. The number of carbonyl (C=O) groups is 1. The Kier molecular flexibility index (Phi) is 10.1. The summed E-state index contributed by atoms with van der Waals surface area (Å²) in [5.41, 5.74) is 1.06. The van der Waals surface area contributed by atoms with Crippen LogP contribution in [0, 0.1) is 22.7 Å². The predicted octanol–water partition coefficient (Wildman–Crippen LogP) is 1.46. The Morgan fingerprint density at radius 1 is 1.00 bits per heavy atom. The Hall–Kier alpha value is -1.55. The molecule has 2 saturated heterocycles. The quantitative estimate of drug-likeness (QED) is 0.321. The topological polar surface area (TPSA) is 133 Å². The van der Waals surface area contributed by atoms with Crippen molar-refractivity contribution in [3.8, 4) is 0 Å². The molecule has 4 aliphatic rings. The molecule has 4 fully saturated rings. The third-order valence-corrected chi connectivity index (χ3v) is 8.22. The summed E-state index contributed by atoms with van der Waals surface area (Å²) in [6.07, 6.45) is 5.48. The fraction of sp³-hybridized carbons (Fsp3) is 0.741. The number of likely N-dealkylation sites (tertiary alicyclic amines) is 1. The van der Waals surface area contributed by atoms with E-state index in [9.17, 15) is 15.3 Å². The van der Waals surface area contributed by atoms with Crippen molar-refractivity contribution in [2.24, 2.45) is 22.7 Å². The number of aliphatic hydroxyl groups is 4. The molecule has 2 heterocycles. The molecule has 5 rings (SSSR count). The molecule has 4 unspecified atom stereocenters. The van der Waals surface area contributed by atoms with E-state index in [4.69, 9.17) is 15.0 Å². The first kappa shape index (κ1) is 28.0. The van der Waals surface area contributed by atoms with Gasteiger partial charge in [-0.1, -0.05) is 30.3 Å². The van der Waals surface area contributed by atoms with Gasteiger partial charge in [-0.05, 0) is 69.0 Å². The van der Waals surface area contributed by atoms with Crippen LogP contribution >= 0.6 is 0 Å². The summed E-state index contributed by atoms with van der Waals surface area (Å²) in [7, 11) is 0. The number of hydrogen-bond donors (Lipinski definition) is 6. The van der Waals surface area contributed by atoms with Gasteiger partial charge in [0.25, 0.3) is 5.97 Å². The van der Waals surface area contributed by atoms with Gasteiger partial charge in [-0.3, -0.25) is 9.69 Å². The lowest BCUT2D eigenvalue weighted by Gasteiger charge is -2.26. The van der Waals surface area contributed by atoms with E-state index in [0.717, 1.165) is 78.2 Å². The van der Waals surface area contributed by atoms with E-state index < -0.39 is 5.97 Å². The smallest absolute Gasteiger partial charge is 0.300 e. The number of carboxylic acid groups (broad SMARTS) is 1. The molecular weight excluding hydrogens is 448 g/mol. The van der Waals surface area contributed by atoms with Crippen molar-refractivity contribution in [1.29, 1.82) is 0 Å². The molecule has 1 aromatic rings. The van der Waals surface area contributed by atoms with Crippen LogP contribution in [0.1, 0.15) is 51.0 Å². The van der Waals surface area contributed by atoms with E-state index in [1.165, 1.54) is 5.56 Å². The van der Waals surface area contributed by atoms with E-state index in [2.05, 4.69) is 34.5 Å². The first-order chi connectivity index (χ1) is 16.7. The molecule has 35 heavy (non-hydrogen) atoms. The van der Waals surface area contributed by atoms with Crippen molar-refractivity contribution in [3.63, 3.8) is 0 Å². The van der Waals surface area contributed by atoms with Crippen molar-refractivity contribution in [3.05, 3.63) is 35.9 Å². The molecule has 0 bridgehead atoms. The first-order valence-electron chi connectivity index (χ1n) is 13.0. The standard InChI is InChI=1S/C16H23NO2.C9H17NO2.C2H4O2/c18-12-16(7-8-16)15(19)14-6-9-17(11-14)10-13-4-2-1-3-5-13;11-6-9(2-3-9)8(12)7-1-4-10-5-7;1-2(3)4/h1-5,14-15,18-19H,6-12H2;7-8,10-12H,1-6H2;1H3,(H,3,4). The molecule has 8 heteroatoms. The van der Waals surface area contributed by atoms with E-state index in [1.807, 2.05) is 6.07 Å². The number of benzene rings is 1. The van der Waals surface area contributed by atoms with Gasteiger partial charge >= 0.3 is 0 Å². The molecule has 2 saturated carbocycles. The molecule has 0 spiro atoms. The number of hydrogen-bond acceptors (Lipinski definition) is 7. The second-order valence-corrected chi connectivity index (χ2v) is 11.0. The minimum Gasteiger partial charge on any atom is -0.481 e. The van der Waals surface area contributed by atoms with Crippen molar-refractivity contribution in [1.82, 2.24) is 10.2 Å². The van der Waals surface area contributed by atoms with Gasteiger partial charge in [0.1, 0.15) is 0 Å². The SMILES string of the molecule is CC(=O)O.OCC1(C(O)C2CCN(Cc3ccccc3)C2)CC1.OCC1(C(O)C2CCNC2)CC1. The minimum absolute atomic E-state index is 0.114. The molecule has 0 amide bonds. The number of aliphatic carboxylic acids is 1. The Morgan fingerprint density at radius 3 is 2.00 bits per heavy atom. The normalized spacial score (nSPS) is 27.6. The molecule has 0 radical (unpaired) electrons. The fourth-order valence-corrected chi connectivity index (χ4v) is 5.47. The highest BCUT2D eigenvalue weighted by Crippen LogP contribution is 2.52. The lowest BCUT2D eigenvalue weighted by atomic mass is 9.88. The third kappa shape index (κ3) is 7.71. The van der Waals surface area contributed by atoms with Gasteiger partial charge < -0.3 is 30.8 Å². The van der Waals surface area contributed by atoms with Crippen molar-refractivity contribution in [2.75, 3.05) is 39.4 Å². The first-order valence-corrected chi connectivity index (χ1v) is 13.0. The van der Waals surface area contributed by atoms with Crippen LogP contribution in [0.15, 0.2) is 30.3 Å². The highest BCUT2D eigenvalue weighted by atomic mass is 16.4. The minimum atomic E-state index is -0.833. The monoisotopic (exact) mass is 492 g/mol. The third-order valence-electron chi connectivity index (χ3n) is 8.22. The largest absolute Gasteiger partial charge is 0.481 e. The zero-order valence-electron chi connectivity index (χ0n) is 21.0. The summed E-state index contributed by atoms with van der Waals surface area (Å²) >= 11 is 0. The van der Waals surface area contributed by atoms with Gasteiger partial charge in [0.2, 0.25) is 0 Å². The second kappa shape index (κ2) is 12.6. The number of aliphatic hydroxyl groups excluding tert-OH is 4. The fourth-order valence-electron chi connectivity index (χ4n) is 5.47. The van der Waals surface area contributed by atoms with Crippen LogP contribution in [-0.2, 0) is 11.3 Å². The Balaban J connectivity index is 0.000000183. The molecule has 8 nitrogen and oxygen atoms in total. The number of carboxylic acids is 1. The van der Waals surface area contributed by atoms with Gasteiger partial charge in [-0.25, -0.2) is 0 Å². The zero-order valence-corrected chi connectivity index (χ0v) is 21.0. The molecule has 198 valence electrons. The summed E-state index contributed by atoms with van der Waals surface area (Å²) in [6, 6.07) is 10.5. The predicted molar refractivity (Wildman–Crippen MR) is 134 cm³/mol. The molecule has 2 aliphatic heterocycles. The van der Waals surface area contributed by atoms with E-state index in [1.54, 1.807) is 0 Å². The molecule has 6 N–H and O–H groups in total. The molecule has 0 aromatic heterocycles. The van der Waals surface area contributed by atoms with Gasteiger partial charge in [0, 0.05) is 37.4 Å². The summed E-state index contributed by atoms with van der Waals surface area (Å²) in [5, 5.41) is 49.5. The number of nitrogens with zero attached hydrogens (tertiary/aromatic N) is 1. The van der Waals surface area contributed by atoms with Crippen LogP contribution in [-0.4, -0.2) is 88.0 Å². The molecule has 1 aromatic carbocycles. The van der Waals surface area contributed by atoms with Crippen LogP contribution < -0.4 is 5.32 Å². The van der Waals surface area contributed by atoms with Gasteiger partial charge in [-0.2, -0.15) is 0 Å². The van der Waals surface area contributed by atoms with Crippen molar-refractivity contribution >= 4 is 5.97 Å². The van der Waals surface area contributed by atoms with Crippen LogP contribution in [0.5, 0.6) is 0 Å². The average molecular weight is 493 g/mol.